The monoisotopic (exact) mass is 1320 g/mol. The molecule has 0 amide bonds. The van der Waals surface area contributed by atoms with Crippen LogP contribution in [0.25, 0.3) is 16.0 Å². The zero-order valence-electron chi connectivity index (χ0n) is 22.6. The van der Waals surface area contributed by atoms with Crippen LogP contribution in [0.1, 0.15) is 22.3 Å². The second kappa shape index (κ2) is 69.5. The van der Waals surface area contributed by atoms with Crippen LogP contribution in [0, 0.1) is 56.6 Å². The van der Waals surface area contributed by atoms with Gasteiger partial charge in [-0.2, -0.15) is 42.3 Å². The van der Waals surface area contributed by atoms with E-state index in [1.54, 1.807) is 54.4 Å². The van der Waals surface area contributed by atoms with Crippen molar-refractivity contribution in [3.63, 3.8) is 0 Å². The SMILES string of the molecule is C.C.C.C[N-]C.C[N-]C.C[N-]C.O=[N+]([O-])c1[c-]cc[c-]c1.O=[N+]([O-])c1[c-]cc[c-]c1.[W].[W].[W].[Y].[Y].[Y].[c-]1cc[c-]cc1. The van der Waals surface area contributed by atoms with Crippen LogP contribution in [0.4, 0.5) is 11.4 Å². The number of nitro benzene ring substituents is 2. The van der Waals surface area contributed by atoms with Gasteiger partial charge in [-0.25, -0.2) is 24.3 Å². The predicted molar refractivity (Wildman–Crippen MR) is 151 cm³/mol. The maximum Gasteiger partial charge on any atom is 0.0533 e. The van der Waals surface area contributed by atoms with Gasteiger partial charge in [-0.1, -0.05) is 22.3 Å². The summed E-state index contributed by atoms with van der Waals surface area (Å²) in [4.78, 5) is 18.9. The van der Waals surface area contributed by atoms with Crippen LogP contribution in [-0.2, 0) is 161 Å². The summed E-state index contributed by atoms with van der Waals surface area (Å²) in [5.41, 5.74) is -0.0880. The molecule has 0 saturated carbocycles. The number of non-ortho nitro benzene ring substituents is 2. The quantitative estimate of drug-likeness (QED) is 0.150. The molecule has 3 aromatic rings. The summed E-state index contributed by atoms with van der Waals surface area (Å²) in [5.74, 6) is 0. The van der Waals surface area contributed by atoms with E-state index in [1.807, 2.05) is 24.3 Å². The molecule has 0 N–H and O–H groups in total. The van der Waals surface area contributed by atoms with Gasteiger partial charge >= 0.3 is 0 Å². The van der Waals surface area contributed by atoms with E-state index in [2.05, 4.69) is 52.3 Å². The molecule has 3 rings (SSSR count). The molecule has 3 radical (unpaired) electrons. The van der Waals surface area contributed by atoms with Gasteiger partial charge in [0.2, 0.25) is 0 Å². The van der Waals surface area contributed by atoms with E-state index in [1.165, 1.54) is 24.3 Å². The van der Waals surface area contributed by atoms with Crippen molar-refractivity contribution in [2.24, 2.45) is 0 Å². The Labute approximate surface area is 374 Å². The molecule has 0 aliphatic rings. The number of rotatable bonds is 2. The van der Waals surface area contributed by atoms with Crippen molar-refractivity contribution >= 4 is 11.4 Å². The number of nitrogens with zero attached hydrogens (tertiary/aromatic N) is 5. The minimum absolute atomic E-state index is 0. The molecule has 0 saturated heterocycles. The molecule has 3 aromatic carbocycles. The van der Waals surface area contributed by atoms with Crippen LogP contribution in [0.2, 0.25) is 0 Å². The van der Waals surface area contributed by atoms with Gasteiger partial charge in [-0.3, -0.25) is 68.8 Å². The fourth-order valence-corrected chi connectivity index (χ4v) is 1.20. The first-order valence-corrected chi connectivity index (χ1v) is 9.16. The van der Waals surface area contributed by atoms with Crippen LogP contribution >= 0.6 is 0 Å². The Kier molecular flexibility index (Phi) is 131. The van der Waals surface area contributed by atoms with Gasteiger partial charge < -0.3 is 40.2 Å². The second-order valence-corrected chi connectivity index (χ2v) is 5.20. The molecule has 0 spiro atoms. The molecule has 0 unspecified atom stereocenters. The average Bonchev–Trinajstić information content (AvgIpc) is 2.84. The standard InChI is InChI=1S/2C6H3NO2.C6H4.3C2H6N.3CH4.3W.3Y/c2*8-7(9)6-4-2-1-3-5-6;1-2-4-6-5-3-1;3*1-3-2;;;;;;;;;/h2*1-2,5H;1-2,5-6H;3*1-2H3;3*1H4;;;;;;/q3*-2;3*-1;;;;;;;;;. The van der Waals surface area contributed by atoms with Crippen LogP contribution in [0.15, 0.2) is 60.7 Å². The second-order valence-electron chi connectivity index (χ2n) is 5.20. The molecule has 0 aliphatic heterocycles. The van der Waals surface area contributed by atoms with Gasteiger partial charge in [0.25, 0.3) is 0 Å². The Bertz CT molecular complexity index is 728. The largest absolute Gasteiger partial charge is 0.668 e. The minimum atomic E-state index is -0.503. The minimum Gasteiger partial charge on any atom is -0.668 e. The summed E-state index contributed by atoms with van der Waals surface area (Å²) in [6.45, 7) is 0. The predicted octanol–water partition coefficient (Wildman–Crippen LogP) is 7.43. The first kappa shape index (κ1) is 79.3. The molecule has 9 nitrogen and oxygen atoms in total. The molecule has 0 bridgehead atoms. The van der Waals surface area contributed by atoms with Gasteiger partial charge in [0.1, 0.15) is 0 Å². The Hall–Kier alpha value is 1.72. The van der Waals surface area contributed by atoms with E-state index in [9.17, 15) is 20.2 Å². The number of benzene rings is 3. The number of hydrogen-bond donors (Lipinski definition) is 0. The zero-order valence-corrected chi connectivity index (χ0v) is 39.9. The smallest absolute Gasteiger partial charge is 0.0533 e. The molecular formula is C27H40N5O4W3Y3-9. The molecule has 15 heteroatoms. The van der Waals surface area contributed by atoms with E-state index in [4.69, 9.17) is 0 Å². The van der Waals surface area contributed by atoms with Gasteiger partial charge in [-0.05, 0) is 9.85 Å². The number of nitro groups is 2. The Morgan fingerprint density at radius 1 is 0.500 bits per heavy atom. The molecule has 0 fully saturated rings. The normalized spacial score (nSPS) is 6.24. The Morgan fingerprint density at radius 2 is 0.690 bits per heavy atom. The van der Waals surface area contributed by atoms with Gasteiger partial charge in [0, 0.05) is 161 Å². The van der Waals surface area contributed by atoms with E-state index in [0.717, 1.165) is 0 Å². The van der Waals surface area contributed by atoms with E-state index in [-0.39, 0.29) is 195 Å². The van der Waals surface area contributed by atoms with Crippen molar-refractivity contribution in [1.29, 1.82) is 0 Å². The van der Waals surface area contributed by atoms with Crippen LogP contribution in [0.5, 0.6) is 0 Å². The Morgan fingerprint density at radius 3 is 0.786 bits per heavy atom. The third-order valence-electron chi connectivity index (χ3n) is 2.21. The summed E-state index contributed by atoms with van der Waals surface area (Å²) in [5, 5.41) is 30.4. The van der Waals surface area contributed by atoms with Crippen LogP contribution in [-0.4, -0.2) is 52.1 Å². The molecule has 42 heavy (non-hydrogen) atoms. The van der Waals surface area contributed by atoms with Crippen molar-refractivity contribution in [2.75, 3.05) is 42.3 Å². The first-order chi connectivity index (χ1) is 15.9. The van der Waals surface area contributed by atoms with E-state index >= 15 is 0 Å². The first-order valence-electron chi connectivity index (χ1n) is 9.16. The molecule has 0 atom stereocenters. The molecule has 233 valence electrons. The molecule has 0 aromatic heterocycles. The van der Waals surface area contributed by atoms with Crippen molar-refractivity contribution in [2.45, 2.75) is 22.3 Å². The summed E-state index contributed by atoms with van der Waals surface area (Å²) in [6, 6.07) is 31.6. The number of hydrogen-bond acceptors (Lipinski definition) is 4. The maximum absolute atomic E-state index is 9.96. The van der Waals surface area contributed by atoms with Crippen molar-refractivity contribution in [1.82, 2.24) is 0 Å². The van der Waals surface area contributed by atoms with Crippen molar-refractivity contribution in [3.05, 3.63) is 133 Å². The third kappa shape index (κ3) is 68.8. The van der Waals surface area contributed by atoms with Gasteiger partial charge in [0.05, 0.1) is 11.4 Å². The molecular weight excluding hydrogens is 1280 g/mol. The van der Waals surface area contributed by atoms with Crippen LogP contribution < -0.4 is 0 Å². The summed E-state index contributed by atoms with van der Waals surface area (Å²) in [6.07, 6.45) is 0. The van der Waals surface area contributed by atoms with E-state index < -0.39 is 9.85 Å². The Balaban J connectivity index is -0.0000000260. The third-order valence-corrected chi connectivity index (χ3v) is 2.21. The van der Waals surface area contributed by atoms with E-state index in [0.29, 0.717) is 0 Å². The maximum atomic E-state index is 9.96. The van der Waals surface area contributed by atoms with Gasteiger partial charge in [0.15, 0.2) is 0 Å². The summed E-state index contributed by atoms with van der Waals surface area (Å²) >= 11 is 0. The summed E-state index contributed by atoms with van der Waals surface area (Å²) < 4.78 is 0. The topological polar surface area (TPSA) is 129 Å². The van der Waals surface area contributed by atoms with Crippen molar-refractivity contribution in [3.8, 4) is 0 Å². The fraction of sp³-hybridized carbons (Fsp3) is 0.333. The average molecular weight is 1320 g/mol. The fourth-order valence-electron chi connectivity index (χ4n) is 1.20. The summed E-state index contributed by atoms with van der Waals surface area (Å²) in [7, 11) is 10.5. The molecule has 0 heterocycles. The zero-order chi connectivity index (χ0) is 25.7. The molecule has 0 aliphatic carbocycles. The van der Waals surface area contributed by atoms with Crippen molar-refractivity contribution < 1.29 is 171 Å². The van der Waals surface area contributed by atoms with Gasteiger partial charge in [-0.15, -0.1) is 0 Å². The van der Waals surface area contributed by atoms with Crippen LogP contribution in [0.3, 0.4) is 0 Å².